The molecule has 0 fully saturated rings. The maximum absolute atomic E-state index is 9.22. The molecular weight excluding hydrogens is 302 g/mol. The van der Waals surface area contributed by atoms with Crippen molar-refractivity contribution < 1.29 is 0 Å². The lowest BCUT2D eigenvalue weighted by atomic mass is 10.1. The van der Waals surface area contributed by atoms with Crippen molar-refractivity contribution in [3.63, 3.8) is 0 Å². The van der Waals surface area contributed by atoms with Crippen LogP contribution < -0.4 is 0 Å². The van der Waals surface area contributed by atoms with Gasteiger partial charge in [0, 0.05) is 23.4 Å². The second kappa shape index (κ2) is 7.85. The van der Waals surface area contributed by atoms with Crippen molar-refractivity contribution in [1.29, 1.82) is 5.26 Å². The van der Waals surface area contributed by atoms with Gasteiger partial charge in [-0.2, -0.15) is 5.26 Å². The van der Waals surface area contributed by atoms with Gasteiger partial charge in [-0.05, 0) is 56.2 Å². The first-order valence-corrected chi connectivity index (χ1v) is 8.39. The predicted octanol–water partition coefficient (Wildman–Crippen LogP) is 4.94. The van der Waals surface area contributed by atoms with E-state index in [0.717, 1.165) is 27.6 Å². The zero-order chi connectivity index (χ0) is 16.8. The quantitative estimate of drug-likeness (QED) is 0.578. The van der Waals surface area contributed by atoms with Crippen molar-refractivity contribution in [1.82, 2.24) is 4.90 Å². The standard InChI is InChI=1S/C19H21N3S/c1-5-22(4)13-21-17-10-15(3)19(11-14(17)2)23-18-9-7-6-8-16(18)12-20/h6-11,13H,5H2,1-4H3. The Kier molecular flexibility index (Phi) is 5.84. The van der Waals surface area contributed by atoms with E-state index in [2.05, 4.69) is 44.0 Å². The lowest BCUT2D eigenvalue weighted by Crippen LogP contribution is -2.14. The monoisotopic (exact) mass is 323 g/mol. The Hall–Kier alpha value is -2.25. The minimum absolute atomic E-state index is 0.709. The van der Waals surface area contributed by atoms with Crippen molar-refractivity contribution >= 4 is 23.8 Å². The number of hydrogen-bond donors (Lipinski definition) is 0. The third-order valence-electron chi connectivity index (χ3n) is 3.61. The molecule has 0 saturated carbocycles. The molecule has 0 aliphatic rings. The Morgan fingerprint density at radius 2 is 1.91 bits per heavy atom. The van der Waals surface area contributed by atoms with E-state index in [1.807, 2.05) is 42.6 Å². The first-order valence-electron chi connectivity index (χ1n) is 7.57. The number of nitriles is 1. The van der Waals surface area contributed by atoms with Crippen LogP contribution in [-0.2, 0) is 0 Å². The highest BCUT2D eigenvalue weighted by Gasteiger charge is 2.08. The van der Waals surface area contributed by atoms with Crippen LogP contribution in [0.4, 0.5) is 5.69 Å². The second-order valence-electron chi connectivity index (χ2n) is 5.43. The molecule has 0 spiro atoms. The summed E-state index contributed by atoms with van der Waals surface area (Å²) >= 11 is 1.63. The van der Waals surface area contributed by atoms with E-state index in [9.17, 15) is 5.26 Å². The Morgan fingerprint density at radius 3 is 2.61 bits per heavy atom. The summed E-state index contributed by atoms with van der Waals surface area (Å²) in [6.45, 7) is 7.18. The summed E-state index contributed by atoms with van der Waals surface area (Å²) in [5, 5.41) is 9.22. The van der Waals surface area contributed by atoms with Crippen LogP contribution in [0.5, 0.6) is 0 Å². The van der Waals surface area contributed by atoms with Gasteiger partial charge in [0.05, 0.1) is 17.6 Å². The fourth-order valence-electron chi connectivity index (χ4n) is 2.03. The smallest absolute Gasteiger partial charge is 0.100 e. The minimum atomic E-state index is 0.709. The van der Waals surface area contributed by atoms with Crippen molar-refractivity contribution in [2.45, 2.75) is 30.6 Å². The third kappa shape index (κ3) is 4.37. The van der Waals surface area contributed by atoms with Crippen LogP contribution in [-0.4, -0.2) is 24.8 Å². The molecule has 3 nitrogen and oxygen atoms in total. The molecule has 2 rings (SSSR count). The number of aliphatic imine (C=N–C) groups is 1. The van der Waals surface area contributed by atoms with Crippen molar-refractivity contribution in [3.8, 4) is 6.07 Å². The highest BCUT2D eigenvalue weighted by atomic mass is 32.2. The van der Waals surface area contributed by atoms with Gasteiger partial charge in [-0.25, -0.2) is 4.99 Å². The van der Waals surface area contributed by atoms with E-state index in [-0.39, 0.29) is 0 Å². The fourth-order valence-corrected chi connectivity index (χ4v) is 3.10. The van der Waals surface area contributed by atoms with Gasteiger partial charge in [0.2, 0.25) is 0 Å². The predicted molar refractivity (Wildman–Crippen MR) is 97.7 cm³/mol. The third-order valence-corrected chi connectivity index (χ3v) is 4.85. The summed E-state index contributed by atoms with van der Waals surface area (Å²) in [5.74, 6) is 0. The van der Waals surface area contributed by atoms with Crippen molar-refractivity contribution in [2.24, 2.45) is 4.99 Å². The Morgan fingerprint density at radius 1 is 1.17 bits per heavy atom. The van der Waals surface area contributed by atoms with Gasteiger partial charge in [0.1, 0.15) is 6.07 Å². The molecule has 4 heteroatoms. The minimum Gasteiger partial charge on any atom is -0.366 e. The molecule has 0 aromatic heterocycles. The maximum atomic E-state index is 9.22. The molecule has 118 valence electrons. The van der Waals surface area contributed by atoms with E-state index >= 15 is 0 Å². The molecule has 0 radical (unpaired) electrons. The molecule has 2 aromatic carbocycles. The Labute approximate surface area is 142 Å². The molecule has 0 aliphatic heterocycles. The molecule has 0 bridgehead atoms. The summed E-state index contributed by atoms with van der Waals surface area (Å²) in [7, 11) is 2.01. The first-order chi connectivity index (χ1) is 11.0. The number of nitrogens with zero attached hydrogens (tertiary/aromatic N) is 3. The van der Waals surface area contributed by atoms with Gasteiger partial charge in [-0.15, -0.1) is 0 Å². The summed E-state index contributed by atoms with van der Waals surface area (Å²) in [6.07, 6.45) is 1.86. The SMILES string of the molecule is CCN(C)C=Nc1cc(C)c(Sc2ccccc2C#N)cc1C. The average Bonchev–Trinajstić information content (AvgIpc) is 2.56. The highest BCUT2D eigenvalue weighted by molar-refractivity contribution is 7.99. The van der Waals surface area contributed by atoms with Gasteiger partial charge in [0.25, 0.3) is 0 Å². The summed E-state index contributed by atoms with van der Waals surface area (Å²) in [5.41, 5.74) is 4.00. The van der Waals surface area contributed by atoms with Crippen LogP contribution in [0.3, 0.4) is 0 Å². The van der Waals surface area contributed by atoms with Gasteiger partial charge in [-0.1, -0.05) is 23.9 Å². The van der Waals surface area contributed by atoms with E-state index < -0.39 is 0 Å². The maximum Gasteiger partial charge on any atom is 0.100 e. The molecular formula is C19H21N3S. The first kappa shape index (κ1) is 17.1. The lowest BCUT2D eigenvalue weighted by molar-refractivity contribution is 0.552. The van der Waals surface area contributed by atoms with Crippen LogP contribution in [0.1, 0.15) is 23.6 Å². The molecule has 0 heterocycles. The van der Waals surface area contributed by atoms with Crippen molar-refractivity contribution in [3.05, 3.63) is 53.1 Å². The molecule has 23 heavy (non-hydrogen) atoms. The van der Waals surface area contributed by atoms with Crippen LogP contribution in [0, 0.1) is 25.2 Å². The number of aryl methyl sites for hydroxylation is 2. The van der Waals surface area contributed by atoms with Crippen LogP contribution in [0.2, 0.25) is 0 Å². The highest BCUT2D eigenvalue weighted by Crippen LogP contribution is 2.35. The Balaban J connectivity index is 2.30. The summed E-state index contributed by atoms with van der Waals surface area (Å²) in [6, 6.07) is 14.2. The Bertz CT molecular complexity index is 760. The van der Waals surface area contributed by atoms with Crippen LogP contribution in [0.25, 0.3) is 0 Å². The summed E-state index contributed by atoms with van der Waals surface area (Å²) < 4.78 is 0. The zero-order valence-electron chi connectivity index (χ0n) is 14.0. The van der Waals surface area contributed by atoms with Gasteiger partial charge in [-0.3, -0.25) is 0 Å². The lowest BCUT2D eigenvalue weighted by Gasteiger charge is -2.12. The van der Waals surface area contributed by atoms with Crippen molar-refractivity contribution in [2.75, 3.05) is 13.6 Å². The van der Waals surface area contributed by atoms with E-state index in [1.165, 1.54) is 5.56 Å². The fraction of sp³-hybridized carbons (Fsp3) is 0.263. The molecule has 0 unspecified atom stereocenters. The average molecular weight is 323 g/mol. The molecule has 0 aliphatic carbocycles. The second-order valence-corrected chi connectivity index (χ2v) is 6.52. The van der Waals surface area contributed by atoms with Crippen LogP contribution >= 0.6 is 11.8 Å². The summed E-state index contributed by atoms with van der Waals surface area (Å²) in [4.78, 5) is 8.75. The number of hydrogen-bond acceptors (Lipinski definition) is 3. The van der Waals surface area contributed by atoms with E-state index in [4.69, 9.17) is 0 Å². The molecule has 0 saturated heterocycles. The molecule has 0 N–H and O–H groups in total. The largest absolute Gasteiger partial charge is 0.366 e. The number of benzene rings is 2. The molecule has 0 atom stereocenters. The van der Waals surface area contributed by atoms with Gasteiger partial charge >= 0.3 is 0 Å². The van der Waals surface area contributed by atoms with E-state index in [1.54, 1.807) is 11.8 Å². The van der Waals surface area contributed by atoms with Gasteiger partial charge < -0.3 is 4.90 Å². The molecule has 0 amide bonds. The number of rotatable bonds is 5. The van der Waals surface area contributed by atoms with Crippen LogP contribution in [0.15, 0.2) is 51.2 Å². The normalized spacial score (nSPS) is 10.7. The zero-order valence-corrected chi connectivity index (χ0v) is 14.8. The van der Waals surface area contributed by atoms with Gasteiger partial charge in [0.15, 0.2) is 0 Å². The molecule has 2 aromatic rings. The van der Waals surface area contributed by atoms with E-state index in [0.29, 0.717) is 5.56 Å². The topological polar surface area (TPSA) is 39.4 Å².